The zero-order chi connectivity index (χ0) is 21.2. The SMILES string of the molecule is CCCCCCCCCCC[C](=O)[Na].O=C(O)C(O)C(O)C(O)C(O)CO. The number of aliphatic hydroxyl groups is 5. The fourth-order valence-electron chi connectivity index (χ4n) is 2.35. The molecule has 6 N–H and O–H groups in total. The maximum Gasteiger partial charge on any atom is 0.335 e. The minimum atomic E-state index is -2.20. The first-order valence-electron chi connectivity index (χ1n) is 9.74. The molecule has 27 heavy (non-hydrogen) atoms. The van der Waals surface area contributed by atoms with Crippen LogP contribution in [0.25, 0.3) is 0 Å². The second-order valence-corrected chi connectivity index (χ2v) is 7.91. The van der Waals surface area contributed by atoms with E-state index in [1.807, 2.05) is 0 Å². The largest absolute Gasteiger partial charge is 0.479 e. The summed E-state index contributed by atoms with van der Waals surface area (Å²) in [6.45, 7) is 1.41. The molecule has 0 saturated carbocycles. The van der Waals surface area contributed by atoms with Crippen molar-refractivity contribution in [3.8, 4) is 0 Å². The van der Waals surface area contributed by atoms with Crippen molar-refractivity contribution in [1.29, 1.82) is 0 Å². The Morgan fingerprint density at radius 2 is 1.26 bits per heavy atom. The van der Waals surface area contributed by atoms with Gasteiger partial charge in [0.25, 0.3) is 0 Å². The van der Waals surface area contributed by atoms with Gasteiger partial charge in [-0.05, 0) is 0 Å². The monoisotopic (exact) mass is 402 g/mol. The molecule has 0 aliphatic heterocycles. The van der Waals surface area contributed by atoms with Gasteiger partial charge in [0.1, 0.15) is 18.3 Å². The first kappa shape index (κ1) is 29.1. The quantitative estimate of drug-likeness (QED) is 0.166. The number of aliphatic carboxylic acids is 1. The summed E-state index contributed by atoms with van der Waals surface area (Å²) in [6.07, 6.45) is 5.08. The number of rotatable bonds is 15. The summed E-state index contributed by atoms with van der Waals surface area (Å²) in [5.41, 5.74) is 0. The van der Waals surface area contributed by atoms with Crippen LogP contribution < -0.4 is 0 Å². The number of carboxylic acids is 1. The van der Waals surface area contributed by atoms with Gasteiger partial charge in [0.2, 0.25) is 0 Å². The van der Waals surface area contributed by atoms with Crippen LogP contribution in [0, 0.1) is 0 Å². The van der Waals surface area contributed by atoms with Crippen LogP contribution in [0.5, 0.6) is 0 Å². The van der Waals surface area contributed by atoms with Gasteiger partial charge >= 0.3 is 113 Å². The predicted octanol–water partition coefficient (Wildman–Crippen LogP) is 0.109. The van der Waals surface area contributed by atoms with Crippen molar-refractivity contribution in [3.63, 3.8) is 0 Å². The van der Waals surface area contributed by atoms with Crippen LogP contribution in [0.15, 0.2) is 0 Å². The molecule has 4 unspecified atom stereocenters. The fraction of sp³-hybridized carbons (Fsp3) is 0.889. The molecule has 156 valence electrons. The Kier molecular flexibility index (Phi) is 20.8. The smallest absolute Gasteiger partial charge is 0.335 e. The Labute approximate surface area is 179 Å². The average molecular weight is 402 g/mol. The molecule has 9 heteroatoms. The Morgan fingerprint density at radius 3 is 1.63 bits per heavy atom. The number of carbonyl (C=O) groups is 2. The predicted molar refractivity (Wildman–Crippen MR) is 101 cm³/mol. The van der Waals surface area contributed by atoms with E-state index in [2.05, 4.69) is 6.92 Å². The molecule has 0 amide bonds. The molecule has 0 saturated heterocycles. The molecule has 0 aromatic rings. The first-order chi connectivity index (χ1) is 12.7. The summed E-state index contributed by atoms with van der Waals surface area (Å²) in [5, 5.41) is 51.8. The number of unbranched alkanes of at least 4 members (excludes halogenated alkanes) is 8. The number of carbonyl (C=O) groups excluding carboxylic acids is 1. The molecule has 0 aliphatic carbocycles. The van der Waals surface area contributed by atoms with E-state index in [9.17, 15) is 9.59 Å². The van der Waals surface area contributed by atoms with Crippen LogP contribution in [0.4, 0.5) is 0 Å². The van der Waals surface area contributed by atoms with Crippen molar-refractivity contribution in [2.24, 2.45) is 0 Å². The minimum absolute atomic E-state index is 0.480. The van der Waals surface area contributed by atoms with Gasteiger partial charge in [0.15, 0.2) is 6.10 Å². The van der Waals surface area contributed by atoms with Crippen LogP contribution in [0.1, 0.15) is 71.1 Å². The molecule has 0 spiro atoms. The third kappa shape index (κ3) is 17.8. The van der Waals surface area contributed by atoms with Crippen LogP contribution >= 0.6 is 0 Å². The van der Waals surface area contributed by atoms with E-state index in [1.54, 1.807) is 0 Å². The van der Waals surface area contributed by atoms with Gasteiger partial charge in [-0.1, -0.05) is 0 Å². The molecule has 8 nitrogen and oxygen atoms in total. The zero-order valence-corrected chi connectivity index (χ0v) is 18.6. The van der Waals surface area contributed by atoms with Gasteiger partial charge in [-0.25, -0.2) is 4.79 Å². The molecule has 0 aliphatic rings. The maximum absolute atomic E-state index is 10.7. The molecular formula is C18H35NaO8. The number of hydrogen-bond acceptors (Lipinski definition) is 7. The summed E-state index contributed by atoms with van der Waals surface area (Å²) in [5.74, 6) is -1.73. The van der Waals surface area contributed by atoms with Gasteiger partial charge in [0, 0.05) is 0 Å². The standard InChI is InChI=1S/C12H23O.C6H12O7.Na/c1-2-3-4-5-6-7-8-9-10-11-12-13;7-1-2(8)3(9)4(10)5(11)6(12)13;/h2-11H2,1H3;2-5,7-11H,1H2,(H,12,13);. The van der Waals surface area contributed by atoms with Crippen molar-refractivity contribution in [2.75, 3.05) is 6.61 Å². The zero-order valence-electron chi connectivity index (χ0n) is 16.6. The molecule has 0 heterocycles. The van der Waals surface area contributed by atoms with E-state index in [4.69, 9.17) is 30.6 Å². The summed E-state index contributed by atoms with van der Waals surface area (Å²) in [7, 11) is 0. The molecule has 0 aromatic carbocycles. The third-order valence-electron chi connectivity index (χ3n) is 4.14. The molecule has 4 atom stereocenters. The summed E-state index contributed by atoms with van der Waals surface area (Å²) >= 11 is 0.751. The van der Waals surface area contributed by atoms with Crippen molar-refractivity contribution in [1.82, 2.24) is 0 Å². The van der Waals surface area contributed by atoms with Crippen molar-refractivity contribution in [2.45, 2.75) is 95.5 Å². The molecule has 0 rings (SSSR count). The number of aliphatic hydroxyl groups excluding tert-OH is 5. The second kappa shape index (κ2) is 19.3. The van der Waals surface area contributed by atoms with Gasteiger partial charge in [-0.2, -0.15) is 0 Å². The van der Waals surface area contributed by atoms with E-state index in [0.29, 0.717) is 3.03 Å². The van der Waals surface area contributed by atoms with Crippen LogP contribution in [0.2, 0.25) is 0 Å². The van der Waals surface area contributed by atoms with Crippen LogP contribution in [-0.4, -0.2) is 98.6 Å². The van der Waals surface area contributed by atoms with Gasteiger partial charge in [0.05, 0.1) is 6.61 Å². The normalized spacial score (nSPS) is 15.3. The van der Waals surface area contributed by atoms with Crippen molar-refractivity contribution in [3.05, 3.63) is 0 Å². The second-order valence-electron chi connectivity index (χ2n) is 6.79. The number of carboxylic acid groups (broad SMARTS) is 1. The summed E-state index contributed by atoms with van der Waals surface area (Å²) < 4.78 is 0.480. The van der Waals surface area contributed by atoms with Crippen molar-refractivity contribution < 1.29 is 40.2 Å². The number of hydrogen-bond donors (Lipinski definition) is 6. The Hall–Kier alpha value is -0.0600. The van der Waals surface area contributed by atoms with Crippen LogP contribution in [-0.2, 0) is 9.59 Å². The Balaban J connectivity index is 0. The Bertz CT molecular complexity index is 380. The van der Waals surface area contributed by atoms with E-state index < -0.39 is 37.0 Å². The molecular weight excluding hydrogens is 367 g/mol. The van der Waals surface area contributed by atoms with E-state index in [1.165, 1.54) is 51.4 Å². The molecule has 0 fully saturated rings. The Morgan fingerprint density at radius 1 is 0.815 bits per heavy atom. The average Bonchev–Trinajstić information content (AvgIpc) is 2.64. The fourth-order valence-corrected chi connectivity index (χ4v) is 2.71. The summed E-state index contributed by atoms with van der Waals surface area (Å²) in [6, 6.07) is 0. The molecule has 0 radical (unpaired) electrons. The molecule has 0 bridgehead atoms. The third-order valence-corrected chi connectivity index (χ3v) is 4.64. The van der Waals surface area contributed by atoms with Gasteiger partial charge in [-0.15, -0.1) is 0 Å². The van der Waals surface area contributed by atoms with E-state index >= 15 is 0 Å². The van der Waals surface area contributed by atoms with Gasteiger partial charge < -0.3 is 30.6 Å². The maximum atomic E-state index is 10.7. The van der Waals surface area contributed by atoms with Gasteiger partial charge in [-0.3, -0.25) is 0 Å². The van der Waals surface area contributed by atoms with E-state index in [0.717, 1.165) is 40.8 Å². The van der Waals surface area contributed by atoms with Crippen LogP contribution in [0.3, 0.4) is 0 Å². The minimum Gasteiger partial charge on any atom is -0.479 e. The first-order valence-corrected chi connectivity index (χ1v) is 10.7. The van der Waals surface area contributed by atoms with E-state index in [-0.39, 0.29) is 0 Å². The summed E-state index contributed by atoms with van der Waals surface area (Å²) in [4.78, 5) is 20.8. The topological polar surface area (TPSA) is 156 Å². The molecule has 0 aromatic heterocycles. The van der Waals surface area contributed by atoms with Crippen molar-refractivity contribution >= 4 is 36.9 Å².